The number of nitrogens with zero attached hydrogens (tertiary/aromatic N) is 2. The molecule has 0 unspecified atom stereocenters. The van der Waals surface area contributed by atoms with E-state index < -0.39 is 0 Å². The predicted octanol–water partition coefficient (Wildman–Crippen LogP) is 1.87. The summed E-state index contributed by atoms with van der Waals surface area (Å²) in [6.45, 7) is 2.69. The quantitative estimate of drug-likeness (QED) is 0.867. The molecular formula is C15H23N3O2. The number of H-pyrrole nitrogens is 1. The number of hydrogen-bond donors (Lipinski definition) is 2. The minimum atomic E-state index is -0.247. The third kappa shape index (κ3) is 2.46. The highest BCUT2D eigenvalue weighted by atomic mass is 16.3. The molecule has 0 spiro atoms. The fourth-order valence-electron chi connectivity index (χ4n) is 3.75. The Balaban J connectivity index is 1.76. The zero-order chi connectivity index (χ0) is 14.1. The van der Waals surface area contributed by atoms with E-state index in [1.165, 1.54) is 6.42 Å². The van der Waals surface area contributed by atoms with Crippen LogP contribution in [0.15, 0.2) is 6.07 Å². The molecule has 1 aliphatic heterocycles. The summed E-state index contributed by atoms with van der Waals surface area (Å²) < 4.78 is 0. The lowest BCUT2D eigenvalue weighted by atomic mass is 9.80. The van der Waals surface area contributed by atoms with Crippen LogP contribution in [-0.4, -0.2) is 44.8 Å². The van der Waals surface area contributed by atoms with Gasteiger partial charge in [-0.15, -0.1) is 0 Å². The van der Waals surface area contributed by atoms with Gasteiger partial charge in [-0.3, -0.25) is 9.89 Å². The van der Waals surface area contributed by atoms with E-state index in [1.807, 2.05) is 11.8 Å². The second-order valence-electron chi connectivity index (χ2n) is 6.16. The number of aliphatic hydroxyl groups is 1. The van der Waals surface area contributed by atoms with Crippen molar-refractivity contribution >= 4 is 5.91 Å². The second-order valence-corrected chi connectivity index (χ2v) is 6.16. The molecule has 1 aromatic heterocycles. The van der Waals surface area contributed by atoms with E-state index >= 15 is 0 Å². The smallest absolute Gasteiger partial charge is 0.274 e. The summed E-state index contributed by atoms with van der Waals surface area (Å²) in [5, 5.41) is 17.2. The maximum absolute atomic E-state index is 12.6. The molecule has 3 rings (SSSR count). The zero-order valence-electron chi connectivity index (χ0n) is 12.0. The van der Waals surface area contributed by atoms with E-state index in [2.05, 4.69) is 10.2 Å². The number of rotatable bonds is 2. The summed E-state index contributed by atoms with van der Waals surface area (Å²) in [5.74, 6) is 0.255. The Kier molecular flexibility index (Phi) is 3.78. The van der Waals surface area contributed by atoms with Crippen molar-refractivity contribution in [2.75, 3.05) is 6.54 Å². The number of amides is 1. The molecule has 1 aromatic rings. The van der Waals surface area contributed by atoms with Gasteiger partial charge in [0.15, 0.2) is 0 Å². The number of carbonyl (C=O) groups excluding carboxylic acids is 1. The standard InChI is InChI=1S/C15H23N3O2/c1-10-9-12(17-16-10)15(20)18-8-4-6-13(18)11-5-2-3-7-14(11)19/h9,11,13-14,19H,2-8H2,1H3,(H,16,17)/t11-,13-,14-/m1/s1. The van der Waals surface area contributed by atoms with Gasteiger partial charge in [0.2, 0.25) is 0 Å². The van der Waals surface area contributed by atoms with Gasteiger partial charge >= 0.3 is 0 Å². The first-order valence-electron chi connectivity index (χ1n) is 7.68. The number of aryl methyl sites for hydroxylation is 1. The molecule has 1 saturated carbocycles. The van der Waals surface area contributed by atoms with Crippen LogP contribution in [0.5, 0.6) is 0 Å². The van der Waals surface area contributed by atoms with Gasteiger partial charge in [0.1, 0.15) is 5.69 Å². The second kappa shape index (κ2) is 5.56. The number of hydrogen-bond acceptors (Lipinski definition) is 3. The monoisotopic (exact) mass is 277 g/mol. The molecule has 5 heteroatoms. The van der Waals surface area contributed by atoms with E-state index in [0.717, 1.165) is 44.3 Å². The predicted molar refractivity (Wildman–Crippen MR) is 75.3 cm³/mol. The Bertz CT molecular complexity index is 485. The summed E-state index contributed by atoms with van der Waals surface area (Å²) >= 11 is 0. The molecule has 0 bridgehead atoms. The molecule has 1 amide bonds. The van der Waals surface area contributed by atoms with Crippen molar-refractivity contribution in [1.82, 2.24) is 15.1 Å². The molecule has 0 radical (unpaired) electrons. The van der Waals surface area contributed by atoms with Crippen LogP contribution in [0.2, 0.25) is 0 Å². The highest BCUT2D eigenvalue weighted by Gasteiger charge is 2.39. The molecular weight excluding hydrogens is 254 g/mol. The normalized spacial score (nSPS) is 30.7. The number of carbonyl (C=O) groups is 1. The van der Waals surface area contributed by atoms with Gasteiger partial charge in [-0.2, -0.15) is 5.10 Å². The van der Waals surface area contributed by atoms with Crippen molar-refractivity contribution in [2.24, 2.45) is 5.92 Å². The molecule has 1 saturated heterocycles. The number of aliphatic hydroxyl groups excluding tert-OH is 1. The molecule has 20 heavy (non-hydrogen) atoms. The highest BCUT2D eigenvalue weighted by Crippen LogP contribution is 2.35. The van der Waals surface area contributed by atoms with E-state index in [9.17, 15) is 9.90 Å². The van der Waals surface area contributed by atoms with E-state index in [1.54, 1.807) is 6.07 Å². The van der Waals surface area contributed by atoms with Crippen LogP contribution in [0.3, 0.4) is 0 Å². The van der Waals surface area contributed by atoms with E-state index in [0.29, 0.717) is 5.69 Å². The average Bonchev–Trinajstić information content (AvgIpc) is 3.07. The Morgan fingerprint density at radius 3 is 2.85 bits per heavy atom. The van der Waals surface area contributed by atoms with Crippen LogP contribution in [0.4, 0.5) is 0 Å². The lowest BCUT2D eigenvalue weighted by Crippen LogP contribution is -2.45. The van der Waals surface area contributed by atoms with Crippen molar-refractivity contribution in [3.63, 3.8) is 0 Å². The summed E-state index contributed by atoms with van der Waals surface area (Å²) in [6, 6.07) is 1.99. The fraction of sp³-hybridized carbons (Fsp3) is 0.733. The molecule has 5 nitrogen and oxygen atoms in total. The van der Waals surface area contributed by atoms with Gasteiger partial charge in [-0.05, 0) is 38.7 Å². The SMILES string of the molecule is Cc1cc(C(=O)N2CCC[C@@H]2[C@H]2CCCC[C@H]2O)n[nH]1. The third-order valence-electron chi connectivity index (χ3n) is 4.76. The Hall–Kier alpha value is -1.36. The van der Waals surface area contributed by atoms with E-state index in [-0.39, 0.29) is 24.0 Å². The summed E-state index contributed by atoms with van der Waals surface area (Å²) in [5.41, 5.74) is 1.40. The van der Waals surface area contributed by atoms with Gasteiger partial charge in [0.05, 0.1) is 6.10 Å². The minimum absolute atomic E-state index is 0.00891. The van der Waals surface area contributed by atoms with Gasteiger partial charge in [0.25, 0.3) is 5.91 Å². The first kappa shape index (κ1) is 13.6. The molecule has 3 atom stereocenters. The van der Waals surface area contributed by atoms with Crippen LogP contribution in [-0.2, 0) is 0 Å². The molecule has 2 fully saturated rings. The third-order valence-corrected chi connectivity index (χ3v) is 4.76. The van der Waals surface area contributed by atoms with Gasteiger partial charge in [0, 0.05) is 24.2 Å². The maximum atomic E-state index is 12.6. The Morgan fingerprint density at radius 1 is 1.35 bits per heavy atom. The van der Waals surface area contributed by atoms with Crippen LogP contribution in [0.25, 0.3) is 0 Å². The molecule has 2 aliphatic rings. The first-order valence-corrected chi connectivity index (χ1v) is 7.68. The minimum Gasteiger partial charge on any atom is -0.393 e. The lowest BCUT2D eigenvalue weighted by molar-refractivity contribution is 0.0209. The van der Waals surface area contributed by atoms with Crippen molar-refractivity contribution < 1.29 is 9.90 Å². The number of likely N-dealkylation sites (tertiary alicyclic amines) is 1. The average molecular weight is 277 g/mol. The lowest BCUT2D eigenvalue weighted by Gasteiger charge is -2.36. The van der Waals surface area contributed by atoms with Crippen LogP contribution >= 0.6 is 0 Å². The van der Waals surface area contributed by atoms with Gasteiger partial charge in [-0.25, -0.2) is 0 Å². The number of aromatic nitrogens is 2. The molecule has 110 valence electrons. The van der Waals surface area contributed by atoms with E-state index in [4.69, 9.17) is 0 Å². The van der Waals surface area contributed by atoms with Gasteiger partial charge in [-0.1, -0.05) is 12.8 Å². The fourth-order valence-corrected chi connectivity index (χ4v) is 3.75. The molecule has 2 heterocycles. The number of nitrogens with one attached hydrogen (secondary N) is 1. The molecule has 2 N–H and O–H groups in total. The Labute approximate surface area is 119 Å². The van der Waals surface area contributed by atoms with Gasteiger partial charge < -0.3 is 10.0 Å². The van der Waals surface area contributed by atoms with Crippen molar-refractivity contribution in [1.29, 1.82) is 0 Å². The van der Waals surface area contributed by atoms with Crippen molar-refractivity contribution in [2.45, 2.75) is 57.6 Å². The molecule has 0 aromatic carbocycles. The largest absolute Gasteiger partial charge is 0.393 e. The topological polar surface area (TPSA) is 69.2 Å². The van der Waals surface area contributed by atoms with Crippen LogP contribution in [0.1, 0.15) is 54.7 Å². The number of aromatic amines is 1. The first-order chi connectivity index (χ1) is 9.66. The summed E-state index contributed by atoms with van der Waals surface area (Å²) in [6.07, 6.45) is 5.99. The van der Waals surface area contributed by atoms with Crippen molar-refractivity contribution in [3.8, 4) is 0 Å². The summed E-state index contributed by atoms with van der Waals surface area (Å²) in [4.78, 5) is 14.5. The zero-order valence-corrected chi connectivity index (χ0v) is 12.0. The van der Waals surface area contributed by atoms with Crippen LogP contribution < -0.4 is 0 Å². The van der Waals surface area contributed by atoms with Crippen molar-refractivity contribution in [3.05, 3.63) is 17.5 Å². The summed E-state index contributed by atoms with van der Waals surface area (Å²) in [7, 11) is 0. The maximum Gasteiger partial charge on any atom is 0.274 e. The van der Waals surface area contributed by atoms with Crippen LogP contribution in [0, 0.1) is 12.8 Å². The molecule has 1 aliphatic carbocycles. The highest BCUT2D eigenvalue weighted by molar-refractivity contribution is 5.92. The Morgan fingerprint density at radius 2 is 2.15 bits per heavy atom.